The molecule has 21 heavy (non-hydrogen) atoms. The Morgan fingerprint density at radius 2 is 2.24 bits per heavy atom. The van der Waals surface area contributed by atoms with Crippen molar-refractivity contribution in [1.29, 1.82) is 0 Å². The van der Waals surface area contributed by atoms with Crippen LogP contribution < -0.4 is 0 Å². The molecule has 110 valence electrons. The second kappa shape index (κ2) is 5.61. The number of rotatable bonds is 2. The number of hydrogen-bond acceptors (Lipinski definition) is 3. The van der Waals surface area contributed by atoms with Gasteiger partial charge in [-0.2, -0.15) is 5.10 Å². The second-order valence-electron chi connectivity index (χ2n) is 4.77. The molecule has 3 rings (SSSR count). The number of morpholine rings is 1. The highest BCUT2D eigenvalue weighted by Gasteiger charge is 2.27. The molecule has 1 aliphatic rings. The molecule has 0 bridgehead atoms. The smallest absolute Gasteiger partial charge is 0.257 e. The van der Waals surface area contributed by atoms with E-state index in [0.29, 0.717) is 24.3 Å². The van der Waals surface area contributed by atoms with E-state index >= 15 is 0 Å². The Hall–Kier alpha value is -2.28. The van der Waals surface area contributed by atoms with E-state index in [9.17, 15) is 13.6 Å². The van der Waals surface area contributed by atoms with Gasteiger partial charge in [-0.3, -0.25) is 9.89 Å². The Kier molecular flexibility index (Phi) is 3.66. The molecule has 0 aliphatic carbocycles. The average Bonchev–Trinajstić information content (AvgIpc) is 3.04. The molecule has 1 amide bonds. The minimum Gasteiger partial charge on any atom is -0.370 e. The lowest BCUT2D eigenvalue weighted by Crippen LogP contribution is -2.42. The molecule has 0 unspecified atom stereocenters. The molecule has 7 heteroatoms. The van der Waals surface area contributed by atoms with Crippen LogP contribution in [0, 0.1) is 11.6 Å². The summed E-state index contributed by atoms with van der Waals surface area (Å²) >= 11 is 0. The molecule has 0 radical (unpaired) electrons. The molecule has 0 spiro atoms. The Bertz CT molecular complexity index is 646. The van der Waals surface area contributed by atoms with E-state index in [1.165, 1.54) is 18.5 Å². The van der Waals surface area contributed by atoms with Crippen LogP contribution >= 0.6 is 0 Å². The molecular weight excluding hydrogens is 280 g/mol. The van der Waals surface area contributed by atoms with Crippen LogP contribution in [-0.2, 0) is 4.74 Å². The molecular formula is C14H13F2N3O2. The summed E-state index contributed by atoms with van der Waals surface area (Å²) in [5, 5.41) is 6.33. The van der Waals surface area contributed by atoms with Crippen LogP contribution in [0.25, 0.3) is 0 Å². The quantitative estimate of drug-likeness (QED) is 0.920. The molecule has 1 aromatic carbocycles. The Labute approximate surface area is 119 Å². The van der Waals surface area contributed by atoms with E-state index in [1.54, 1.807) is 4.90 Å². The number of aromatic amines is 1. The van der Waals surface area contributed by atoms with Crippen molar-refractivity contribution >= 4 is 5.91 Å². The fourth-order valence-electron chi connectivity index (χ4n) is 2.30. The van der Waals surface area contributed by atoms with E-state index in [-0.39, 0.29) is 12.5 Å². The third kappa shape index (κ3) is 2.78. The van der Waals surface area contributed by atoms with Gasteiger partial charge in [0.05, 0.1) is 24.9 Å². The maximum Gasteiger partial charge on any atom is 0.257 e. The number of nitrogens with one attached hydrogen (secondary N) is 1. The first-order valence-corrected chi connectivity index (χ1v) is 6.50. The highest BCUT2D eigenvalue weighted by atomic mass is 19.2. The highest BCUT2D eigenvalue weighted by molar-refractivity contribution is 5.93. The van der Waals surface area contributed by atoms with E-state index in [1.807, 2.05) is 0 Å². The van der Waals surface area contributed by atoms with Gasteiger partial charge in [-0.15, -0.1) is 0 Å². The number of hydrogen-bond donors (Lipinski definition) is 1. The van der Waals surface area contributed by atoms with Gasteiger partial charge in [0, 0.05) is 12.7 Å². The van der Waals surface area contributed by atoms with Gasteiger partial charge in [0.15, 0.2) is 11.6 Å². The third-order valence-electron chi connectivity index (χ3n) is 3.41. The molecule has 1 saturated heterocycles. The Morgan fingerprint density at radius 3 is 2.95 bits per heavy atom. The topological polar surface area (TPSA) is 58.2 Å². The first-order chi connectivity index (χ1) is 10.1. The van der Waals surface area contributed by atoms with Gasteiger partial charge in [-0.25, -0.2) is 8.78 Å². The van der Waals surface area contributed by atoms with Crippen molar-refractivity contribution in [2.24, 2.45) is 0 Å². The number of nitrogens with zero attached hydrogens (tertiary/aromatic N) is 2. The largest absolute Gasteiger partial charge is 0.370 e. The molecule has 1 N–H and O–H groups in total. The molecule has 2 heterocycles. The third-order valence-corrected chi connectivity index (χ3v) is 3.41. The lowest BCUT2D eigenvalue weighted by atomic mass is 10.1. The maximum atomic E-state index is 13.3. The molecule has 1 aromatic heterocycles. The van der Waals surface area contributed by atoms with Gasteiger partial charge in [-0.05, 0) is 17.7 Å². The van der Waals surface area contributed by atoms with Crippen LogP contribution in [0.5, 0.6) is 0 Å². The summed E-state index contributed by atoms with van der Waals surface area (Å²) in [6.07, 6.45) is 2.50. The summed E-state index contributed by atoms with van der Waals surface area (Å²) in [5.41, 5.74) is 0.972. The van der Waals surface area contributed by atoms with Gasteiger partial charge >= 0.3 is 0 Å². The van der Waals surface area contributed by atoms with Crippen molar-refractivity contribution in [3.8, 4) is 0 Å². The zero-order valence-electron chi connectivity index (χ0n) is 11.1. The summed E-state index contributed by atoms with van der Waals surface area (Å²) in [5.74, 6) is -1.99. The molecule has 0 saturated carbocycles. The lowest BCUT2D eigenvalue weighted by molar-refractivity contribution is -0.0229. The van der Waals surface area contributed by atoms with Crippen molar-refractivity contribution in [1.82, 2.24) is 15.1 Å². The molecule has 1 atom stereocenters. The van der Waals surface area contributed by atoms with E-state index in [2.05, 4.69) is 10.2 Å². The van der Waals surface area contributed by atoms with Crippen molar-refractivity contribution in [3.63, 3.8) is 0 Å². The summed E-state index contributed by atoms with van der Waals surface area (Å²) in [6, 6.07) is 3.63. The summed E-state index contributed by atoms with van der Waals surface area (Å²) in [6.45, 7) is 1.08. The fourth-order valence-corrected chi connectivity index (χ4v) is 2.30. The lowest BCUT2D eigenvalue weighted by Gasteiger charge is -2.33. The number of benzene rings is 1. The van der Waals surface area contributed by atoms with Gasteiger partial charge < -0.3 is 9.64 Å². The highest BCUT2D eigenvalue weighted by Crippen LogP contribution is 2.24. The van der Waals surface area contributed by atoms with Crippen molar-refractivity contribution < 1.29 is 18.3 Å². The summed E-state index contributed by atoms with van der Waals surface area (Å²) < 4.78 is 31.8. The van der Waals surface area contributed by atoms with E-state index < -0.39 is 17.7 Å². The first kappa shape index (κ1) is 13.7. The van der Waals surface area contributed by atoms with Crippen molar-refractivity contribution in [2.75, 3.05) is 19.7 Å². The predicted octanol–water partition coefficient (Wildman–Crippen LogP) is 1.90. The van der Waals surface area contributed by atoms with Crippen LogP contribution in [-0.4, -0.2) is 40.7 Å². The maximum absolute atomic E-state index is 13.3. The number of carbonyl (C=O) groups is 1. The van der Waals surface area contributed by atoms with Crippen molar-refractivity contribution in [2.45, 2.75) is 6.10 Å². The number of halogens is 2. The molecule has 5 nitrogen and oxygen atoms in total. The Balaban J connectivity index is 1.76. The normalized spacial score (nSPS) is 18.8. The zero-order valence-corrected chi connectivity index (χ0v) is 11.1. The van der Waals surface area contributed by atoms with Crippen LogP contribution in [0.3, 0.4) is 0 Å². The number of ether oxygens (including phenoxy) is 1. The van der Waals surface area contributed by atoms with Gasteiger partial charge in [0.25, 0.3) is 5.91 Å². The SMILES string of the molecule is O=C(c1cn[nH]c1)N1CCO[C@H](c2ccc(F)c(F)c2)C1. The molecule has 2 aromatic rings. The van der Waals surface area contributed by atoms with Crippen molar-refractivity contribution in [3.05, 3.63) is 53.4 Å². The fraction of sp³-hybridized carbons (Fsp3) is 0.286. The number of carbonyl (C=O) groups excluding carboxylic acids is 1. The minimum absolute atomic E-state index is 0.167. The van der Waals surface area contributed by atoms with E-state index in [4.69, 9.17) is 4.74 Å². The van der Waals surface area contributed by atoms with Gasteiger partial charge in [0.2, 0.25) is 0 Å². The van der Waals surface area contributed by atoms with E-state index in [0.717, 1.165) is 12.1 Å². The van der Waals surface area contributed by atoms with Gasteiger partial charge in [0.1, 0.15) is 6.10 Å². The number of H-pyrrole nitrogens is 1. The Morgan fingerprint density at radius 1 is 1.38 bits per heavy atom. The zero-order chi connectivity index (χ0) is 14.8. The molecule has 1 aliphatic heterocycles. The first-order valence-electron chi connectivity index (χ1n) is 6.50. The standard InChI is InChI=1S/C14H13F2N3O2/c15-11-2-1-9(5-12(11)16)13-8-19(3-4-21-13)14(20)10-6-17-18-7-10/h1-2,5-7,13H,3-4,8H2,(H,17,18)/t13-/m0/s1. The van der Waals surface area contributed by atoms with Crippen LogP contribution in [0.1, 0.15) is 22.0 Å². The minimum atomic E-state index is -0.922. The number of amides is 1. The van der Waals surface area contributed by atoms with Crippen LogP contribution in [0.15, 0.2) is 30.6 Å². The monoisotopic (exact) mass is 293 g/mol. The second-order valence-corrected chi connectivity index (χ2v) is 4.77. The van der Waals surface area contributed by atoms with Crippen LogP contribution in [0.2, 0.25) is 0 Å². The molecule has 1 fully saturated rings. The van der Waals surface area contributed by atoms with Gasteiger partial charge in [-0.1, -0.05) is 6.07 Å². The van der Waals surface area contributed by atoms with Crippen LogP contribution in [0.4, 0.5) is 8.78 Å². The predicted molar refractivity (Wildman–Crippen MR) is 69.5 cm³/mol. The summed E-state index contributed by atoms with van der Waals surface area (Å²) in [4.78, 5) is 13.8. The summed E-state index contributed by atoms with van der Waals surface area (Å²) in [7, 11) is 0. The number of aromatic nitrogens is 2. The average molecular weight is 293 g/mol.